The number of halogens is 2. The van der Waals surface area contributed by atoms with E-state index in [0.717, 1.165) is 11.8 Å². The van der Waals surface area contributed by atoms with E-state index in [1.165, 1.54) is 0 Å². The Morgan fingerprint density at radius 3 is 2.18 bits per heavy atom. The molecular weight excluding hydrogens is 304 g/mol. The van der Waals surface area contributed by atoms with Gasteiger partial charge in [-0.3, -0.25) is 0 Å². The van der Waals surface area contributed by atoms with E-state index in [-0.39, 0.29) is 10.6 Å². The van der Waals surface area contributed by atoms with Crippen LogP contribution in [0.15, 0.2) is 35.2 Å². The van der Waals surface area contributed by atoms with Crippen LogP contribution >= 0.6 is 11.8 Å². The van der Waals surface area contributed by atoms with Crippen molar-refractivity contribution in [1.29, 1.82) is 10.5 Å². The third-order valence-corrected chi connectivity index (χ3v) is 3.85. The van der Waals surface area contributed by atoms with Gasteiger partial charge in [0.1, 0.15) is 23.3 Å². The first kappa shape index (κ1) is 15.8. The Bertz CT molecular complexity index is 777. The predicted octanol–water partition coefficient (Wildman–Crippen LogP) is 4.56. The highest BCUT2D eigenvalue weighted by atomic mass is 32.2. The van der Waals surface area contributed by atoms with Gasteiger partial charge in [0.15, 0.2) is 11.6 Å². The van der Waals surface area contributed by atoms with Crippen molar-refractivity contribution in [2.45, 2.75) is 11.8 Å². The van der Waals surface area contributed by atoms with Crippen molar-refractivity contribution < 1.29 is 8.78 Å². The van der Waals surface area contributed by atoms with Gasteiger partial charge in [-0.1, -0.05) is 25.1 Å². The minimum atomic E-state index is -0.916. The molecule has 0 amide bonds. The van der Waals surface area contributed by atoms with Gasteiger partial charge in [0.2, 0.25) is 0 Å². The molecule has 0 saturated heterocycles. The van der Waals surface area contributed by atoms with Crippen molar-refractivity contribution in [3.05, 3.63) is 53.1 Å². The van der Waals surface area contributed by atoms with Gasteiger partial charge in [-0.15, -0.1) is 11.8 Å². The number of hydrogen-bond donors (Lipinski definition) is 1. The molecule has 0 fully saturated rings. The van der Waals surface area contributed by atoms with Crippen molar-refractivity contribution >= 4 is 23.1 Å². The van der Waals surface area contributed by atoms with Crippen LogP contribution in [0, 0.1) is 34.3 Å². The van der Waals surface area contributed by atoms with Gasteiger partial charge in [-0.25, -0.2) is 8.78 Å². The first-order valence-electron chi connectivity index (χ1n) is 6.44. The molecule has 0 spiro atoms. The van der Waals surface area contributed by atoms with E-state index in [1.807, 2.05) is 0 Å². The second kappa shape index (κ2) is 6.93. The van der Waals surface area contributed by atoms with E-state index < -0.39 is 22.8 Å². The zero-order valence-corrected chi connectivity index (χ0v) is 12.5. The highest BCUT2D eigenvalue weighted by Gasteiger charge is 2.25. The lowest BCUT2D eigenvalue weighted by atomic mass is 10.1. The van der Waals surface area contributed by atoms with Gasteiger partial charge in [-0.2, -0.15) is 10.5 Å². The van der Waals surface area contributed by atoms with Crippen molar-refractivity contribution in [2.24, 2.45) is 0 Å². The Morgan fingerprint density at radius 1 is 1.05 bits per heavy atom. The fourth-order valence-corrected chi connectivity index (χ4v) is 2.74. The van der Waals surface area contributed by atoms with Crippen LogP contribution in [0.2, 0.25) is 0 Å². The quantitative estimate of drug-likeness (QED) is 0.840. The van der Waals surface area contributed by atoms with E-state index in [0.29, 0.717) is 11.4 Å². The summed E-state index contributed by atoms with van der Waals surface area (Å²) >= 11 is 1.07. The minimum absolute atomic E-state index is 0.000553. The topological polar surface area (TPSA) is 59.6 Å². The number of nitrogens with zero attached hydrogens (tertiary/aromatic N) is 2. The van der Waals surface area contributed by atoms with E-state index >= 15 is 0 Å². The lowest BCUT2D eigenvalue weighted by Crippen LogP contribution is -2.05. The molecule has 0 radical (unpaired) electrons. The van der Waals surface area contributed by atoms with Gasteiger partial charge >= 0.3 is 0 Å². The zero-order valence-electron chi connectivity index (χ0n) is 11.7. The molecule has 1 N–H and O–H groups in total. The van der Waals surface area contributed by atoms with Gasteiger partial charge in [0, 0.05) is 5.69 Å². The molecule has 0 aromatic heterocycles. The first-order chi connectivity index (χ1) is 10.6. The summed E-state index contributed by atoms with van der Waals surface area (Å²) in [6, 6.07) is 11.8. The second-order valence-electron chi connectivity index (χ2n) is 4.23. The molecule has 0 aliphatic carbocycles. The molecule has 0 unspecified atom stereocenters. The summed E-state index contributed by atoms with van der Waals surface area (Å²) in [5, 5.41) is 20.8. The molecule has 0 heterocycles. The Hall–Kier alpha value is -2.57. The Labute approximate surface area is 131 Å². The normalized spacial score (nSPS) is 9.86. The number of hydrogen-bond acceptors (Lipinski definition) is 4. The molecule has 0 atom stereocenters. The van der Waals surface area contributed by atoms with E-state index in [4.69, 9.17) is 10.5 Å². The molecule has 22 heavy (non-hydrogen) atoms. The second-order valence-corrected chi connectivity index (χ2v) is 5.50. The van der Waals surface area contributed by atoms with Crippen LogP contribution in [0.25, 0.3) is 0 Å². The number of rotatable bonds is 4. The molecule has 3 nitrogen and oxygen atoms in total. The minimum Gasteiger partial charge on any atom is -0.352 e. The van der Waals surface area contributed by atoms with Crippen LogP contribution in [-0.4, -0.2) is 5.75 Å². The maximum absolute atomic E-state index is 14.6. The van der Waals surface area contributed by atoms with Crippen LogP contribution in [0.3, 0.4) is 0 Å². The zero-order chi connectivity index (χ0) is 16.1. The van der Waals surface area contributed by atoms with Gasteiger partial charge in [-0.05, 0) is 17.9 Å². The molecule has 2 aromatic rings. The molecular formula is C16H11F2N3S. The molecule has 2 aromatic carbocycles. The maximum atomic E-state index is 14.6. The molecule has 2 rings (SSSR count). The average molecular weight is 315 g/mol. The van der Waals surface area contributed by atoms with E-state index in [2.05, 4.69) is 5.32 Å². The number of nitrogens with one attached hydrogen (secondary N) is 1. The Kier molecular flexibility index (Phi) is 4.98. The monoisotopic (exact) mass is 315 g/mol. The lowest BCUT2D eigenvalue weighted by Gasteiger charge is -2.15. The van der Waals surface area contributed by atoms with Gasteiger partial charge in [0.25, 0.3) is 0 Å². The maximum Gasteiger partial charge on any atom is 0.167 e. The number of thioether (sulfide) groups is 1. The third-order valence-electron chi connectivity index (χ3n) is 2.89. The third kappa shape index (κ3) is 2.88. The number of benzene rings is 2. The fraction of sp³-hybridized carbons (Fsp3) is 0.125. The van der Waals surface area contributed by atoms with Crippen LogP contribution in [0.4, 0.5) is 20.2 Å². The highest BCUT2D eigenvalue weighted by molar-refractivity contribution is 7.99. The summed E-state index contributed by atoms with van der Waals surface area (Å²) in [4.78, 5) is -0.000553. The summed E-state index contributed by atoms with van der Waals surface area (Å²) in [5.41, 5.74) is -0.702. The summed E-state index contributed by atoms with van der Waals surface area (Å²) < 4.78 is 29.0. The lowest BCUT2D eigenvalue weighted by molar-refractivity contribution is 0.575. The van der Waals surface area contributed by atoms with Crippen molar-refractivity contribution in [2.75, 3.05) is 11.1 Å². The van der Waals surface area contributed by atoms with E-state index in [1.54, 1.807) is 49.4 Å². The summed E-state index contributed by atoms with van der Waals surface area (Å²) in [6.07, 6.45) is 0. The van der Waals surface area contributed by atoms with Crippen molar-refractivity contribution in [3.63, 3.8) is 0 Å². The first-order valence-corrected chi connectivity index (χ1v) is 7.42. The van der Waals surface area contributed by atoms with Crippen molar-refractivity contribution in [3.8, 4) is 12.1 Å². The Morgan fingerprint density at radius 2 is 1.64 bits per heavy atom. The van der Waals surface area contributed by atoms with Crippen molar-refractivity contribution in [1.82, 2.24) is 0 Å². The van der Waals surface area contributed by atoms with Crippen LogP contribution in [0.5, 0.6) is 0 Å². The molecule has 110 valence electrons. The Balaban J connectivity index is 2.68. The fourth-order valence-electron chi connectivity index (χ4n) is 1.93. The highest BCUT2D eigenvalue weighted by Crippen LogP contribution is 2.38. The summed E-state index contributed by atoms with van der Waals surface area (Å²) in [6.45, 7) is 1.79. The molecule has 0 aliphatic rings. The predicted molar refractivity (Wildman–Crippen MR) is 81.9 cm³/mol. The molecule has 0 bridgehead atoms. The molecule has 0 saturated carbocycles. The smallest absolute Gasteiger partial charge is 0.167 e. The summed E-state index contributed by atoms with van der Waals surface area (Å²) in [7, 11) is 0. The van der Waals surface area contributed by atoms with Crippen LogP contribution in [-0.2, 0) is 0 Å². The number of nitriles is 2. The number of anilines is 2. The number of para-hydroxylation sites is 1. The molecule has 0 aliphatic heterocycles. The SMILES string of the molecule is CCSc1c(F)c(C#N)c(C#N)c(F)c1Nc1ccccc1. The largest absolute Gasteiger partial charge is 0.352 e. The summed E-state index contributed by atoms with van der Waals surface area (Å²) in [5.74, 6) is -1.29. The standard InChI is InChI=1S/C16H11F2N3S/c1-2-22-16-14(18)12(9-20)11(8-19)13(17)15(16)21-10-6-4-3-5-7-10/h3-7,21H,2H2,1H3. The average Bonchev–Trinajstić information content (AvgIpc) is 2.54. The van der Waals surface area contributed by atoms with Crippen LogP contribution < -0.4 is 5.32 Å². The van der Waals surface area contributed by atoms with Gasteiger partial charge < -0.3 is 5.32 Å². The van der Waals surface area contributed by atoms with Crippen LogP contribution in [0.1, 0.15) is 18.1 Å². The van der Waals surface area contributed by atoms with Gasteiger partial charge in [0.05, 0.1) is 10.6 Å². The van der Waals surface area contributed by atoms with E-state index in [9.17, 15) is 8.78 Å². The molecule has 6 heteroatoms.